The Morgan fingerprint density at radius 1 is 1.50 bits per heavy atom. The van der Waals surface area contributed by atoms with Crippen molar-refractivity contribution in [3.8, 4) is 0 Å². The van der Waals surface area contributed by atoms with Crippen LogP contribution in [0.5, 0.6) is 0 Å². The number of hydrogen-bond acceptors (Lipinski definition) is 3. The van der Waals surface area contributed by atoms with Gasteiger partial charge in [-0.3, -0.25) is 0 Å². The van der Waals surface area contributed by atoms with Crippen molar-refractivity contribution >= 4 is 11.6 Å². The van der Waals surface area contributed by atoms with E-state index in [0.29, 0.717) is 5.82 Å². The first-order valence-electron chi connectivity index (χ1n) is 5.70. The van der Waals surface area contributed by atoms with Crippen molar-refractivity contribution in [1.29, 1.82) is 0 Å². The summed E-state index contributed by atoms with van der Waals surface area (Å²) in [6.45, 7) is 2.80. The third kappa shape index (κ3) is 3.81. The van der Waals surface area contributed by atoms with Crippen LogP contribution in [0.15, 0.2) is 34.3 Å². The third-order valence-electron chi connectivity index (χ3n) is 2.58. The molecule has 0 aromatic rings. The van der Waals surface area contributed by atoms with Gasteiger partial charge in [-0.15, -0.1) is 0 Å². The fourth-order valence-electron chi connectivity index (χ4n) is 1.85. The summed E-state index contributed by atoms with van der Waals surface area (Å²) >= 11 is 5.73. The van der Waals surface area contributed by atoms with E-state index in [2.05, 4.69) is 11.4 Å². The molecule has 0 aromatic heterocycles. The zero-order chi connectivity index (χ0) is 12.0. The molecule has 0 saturated heterocycles. The Morgan fingerprint density at radius 2 is 2.25 bits per heavy atom. The van der Waals surface area contributed by atoms with Crippen molar-refractivity contribution in [2.24, 2.45) is 11.5 Å². The van der Waals surface area contributed by atoms with Gasteiger partial charge in [0.2, 0.25) is 0 Å². The van der Waals surface area contributed by atoms with Crippen molar-refractivity contribution in [2.75, 3.05) is 6.54 Å². The Labute approximate surface area is 102 Å². The molecule has 0 spiro atoms. The zero-order valence-corrected chi connectivity index (χ0v) is 10.5. The highest BCUT2D eigenvalue weighted by atomic mass is 35.5. The van der Waals surface area contributed by atoms with Crippen LogP contribution in [0.2, 0.25) is 0 Å². The Bertz CT molecular complexity index is 325. The normalized spacial score (nSPS) is 18.9. The first kappa shape index (κ1) is 13.0. The highest BCUT2D eigenvalue weighted by molar-refractivity contribution is 6.29. The number of nitrogens with two attached hydrogens (primary N) is 2. The maximum Gasteiger partial charge on any atom is 0.104 e. The average Bonchev–Trinajstić information content (AvgIpc) is 2.27. The van der Waals surface area contributed by atoms with Crippen LogP contribution in [0.1, 0.15) is 32.6 Å². The SMILES string of the molecule is CCN/C(N)=C(/C=C(\N)Cl)C1=CCCCC1. The van der Waals surface area contributed by atoms with Crippen molar-refractivity contribution in [2.45, 2.75) is 32.6 Å². The van der Waals surface area contributed by atoms with Crippen LogP contribution in [0.25, 0.3) is 0 Å². The van der Waals surface area contributed by atoms with E-state index in [1.165, 1.54) is 18.4 Å². The second kappa shape index (κ2) is 6.48. The molecule has 0 saturated carbocycles. The summed E-state index contributed by atoms with van der Waals surface area (Å²) in [5.41, 5.74) is 13.7. The molecule has 4 heteroatoms. The number of halogens is 1. The molecule has 3 nitrogen and oxygen atoms in total. The Balaban J connectivity index is 2.99. The van der Waals surface area contributed by atoms with Crippen molar-refractivity contribution in [1.82, 2.24) is 5.32 Å². The maximum atomic E-state index is 5.98. The van der Waals surface area contributed by atoms with Gasteiger partial charge >= 0.3 is 0 Å². The van der Waals surface area contributed by atoms with Crippen LogP contribution < -0.4 is 16.8 Å². The van der Waals surface area contributed by atoms with Gasteiger partial charge in [0, 0.05) is 12.1 Å². The summed E-state index contributed by atoms with van der Waals surface area (Å²) in [5, 5.41) is 3.37. The first-order chi connectivity index (χ1) is 7.65. The van der Waals surface area contributed by atoms with Crippen LogP contribution in [0.4, 0.5) is 0 Å². The van der Waals surface area contributed by atoms with Gasteiger partial charge in [-0.1, -0.05) is 17.7 Å². The van der Waals surface area contributed by atoms with Gasteiger partial charge in [0.1, 0.15) is 5.82 Å². The molecule has 0 fully saturated rings. The lowest BCUT2D eigenvalue weighted by molar-refractivity contribution is 0.703. The fraction of sp³-hybridized carbons (Fsp3) is 0.500. The van der Waals surface area contributed by atoms with Crippen molar-refractivity contribution in [3.63, 3.8) is 0 Å². The molecular formula is C12H20ClN3. The first-order valence-corrected chi connectivity index (χ1v) is 6.08. The van der Waals surface area contributed by atoms with Crippen LogP contribution in [0.3, 0.4) is 0 Å². The highest BCUT2D eigenvalue weighted by Crippen LogP contribution is 2.26. The average molecular weight is 242 g/mol. The molecular weight excluding hydrogens is 222 g/mol. The van der Waals surface area contributed by atoms with E-state index in [4.69, 9.17) is 23.1 Å². The molecule has 0 atom stereocenters. The predicted molar refractivity (Wildman–Crippen MR) is 69.6 cm³/mol. The summed E-state index contributed by atoms with van der Waals surface area (Å²) in [6.07, 6.45) is 8.55. The Hall–Kier alpha value is -1.09. The number of nitrogens with one attached hydrogen (secondary N) is 1. The van der Waals surface area contributed by atoms with Gasteiger partial charge in [-0.25, -0.2) is 0 Å². The van der Waals surface area contributed by atoms with Crippen LogP contribution >= 0.6 is 11.6 Å². The lowest BCUT2D eigenvalue weighted by atomic mass is 9.93. The van der Waals surface area contributed by atoms with Gasteiger partial charge in [-0.05, 0) is 44.3 Å². The van der Waals surface area contributed by atoms with Crippen molar-refractivity contribution < 1.29 is 0 Å². The molecule has 16 heavy (non-hydrogen) atoms. The van der Waals surface area contributed by atoms with Crippen molar-refractivity contribution in [3.05, 3.63) is 34.3 Å². The van der Waals surface area contributed by atoms with Crippen LogP contribution in [-0.2, 0) is 0 Å². The smallest absolute Gasteiger partial charge is 0.104 e. The van der Waals surface area contributed by atoms with E-state index < -0.39 is 0 Å². The number of hydrogen-bond donors (Lipinski definition) is 3. The Morgan fingerprint density at radius 3 is 2.75 bits per heavy atom. The molecule has 0 unspecified atom stereocenters. The standard InChI is InChI=1S/C12H20ClN3/c1-2-16-12(15)10(8-11(13)14)9-6-4-3-5-7-9/h6,8,16H,2-5,7,14-15H2,1H3/b11-8-,12-10-. The largest absolute Gasteiger partial charge is 0.389 e. The van der Waals surface area contributed by atoms with E-state index in [0.717, 1.165) is 25.0 Å². The summed E-state index contributed by atoms with van der Waals surface area (Å²) < 4.78 is 0. The third-order valence-corrected chi connectivity index (χ3v) is 2.69. The fourth-order valence-corrected chi connectivity index (χ4v) is 1.96. The molecule has 90 valence electrons. The van der Waals surface area contributed by atoms with E-state index >= 15 is 0 Å². The van der Waals surface area contributed by atoms with Gasteiger partial charge < -0.3 is 16.8 Å². The molecule has 0 bridgehead atoms. The second-order valence-corrected chi connectivity index (χ2v) is 4.30. The minimum absolute atomic E-state index is 0.266. The molecule has 1 rings (SSSR count). The summed E-state index contributed by atoms with van der Waals surface area (Å²) in [6, 6.07) is 0. The van der Waals surface area contributed by atoms with Gasteiger partial charge in [-0.2, -0.15) is 0 Å². The topological polar surface area (TPSA) is 64.1 Å². The van der Waals surface area contributed by atoms with E-state index in [1.807, 2.05) is 6.92 Å². The highest BCUT2D eigenvalue weighted by Gasteiger charge is 2.10. The summed E-state index contributed by atoms with van der Waals surface area (Å²) in [5.74, 6) is 0.652. The molecule has 1 aliphatic carbocycles. The van der Waals surface area contributed by atoms with Gasteiger partial charge in [0.05, 0.1) is 5.16 Å². The quantitative estimate of drug-likeness (QED) is 0.523. The lowest BCUT2D eigenvalue weighted by Crippen LogP contribution is -2.22. The van der Waals surface area contributed by atoms with Crippen LogP contribution in [0, 0.1) is 0 Å². The second-order valence-electron chi connectivity index (χ2n) is 3.86. The molecule has 0 aliphatic heterocycles. The summed E-state index contributed by atoms with van der Waals surface area (Å²) in [7, 11) is 0. The van der Waals surface area contributed by atoms with Gasteiger partial charge in [0.25, 0.3) is 0 Å². The van der Waals surface area contributed by atoms with E-state index in [-0.39, 0.29) is 5.16 Å². The molecule has 0 amide bonds. The Kier molecular flexibility index (Phi) is 5.26. The summed E-state index contributed by atoms with van der Waals surface area (Å²) in [4.78, 5) is 0. The minimum Gasteiger partial charge on any atom is -0.389 e. The van der Waals surface area contributed by atoms with Crippen LogP contribution in [-0.4, -0.2) is 6.54 Å². The predicted octanol–water partition coefficient (Wildman–Crippen LogP) is 2.31. The molecule has 0 aromatic carbocycles. The molecule has 5 N–H and O–H groups in total. The zero-order valence-electron chi connectivity index (χ0n) is 9.72. The lowest BCUT2D eigenvalue weighted by Gasteiger charge is -2.17. The molecule has 0 radical (unpaired) electrons. The van der Waals surface area contributed by atoms with Gasteiger partial charge in [0.15, 0.2) is 0 Å². The molecule has 1 aliphatic rings. The monoisotopic (exact) mass is 241 g/mol. The minimum atomic E-state index is 0.266. The number of rotatable bonds is 4. The molecule has 0 heterocycles. The van der Waals surface area contributed by atoms with E-state index in [9.17, 15) is 0 Å². The maximum absolute atomic E-state index is 5.98. The number of allylic oxidation sites excluding steroid dienone is 4. The van der Waals surface area contributed by atoms with E-state index in [1.54, 1.807) is 6.08 Å².